The topological polar surface area (TPSA) is 213 Å². The van der Waals surface area contributed by atoms with E-state index in [1.54, 1.807) is 12.1 Å². The molecule has 0 radical (unpaired) electrons. The van der Waals surface area contributed by atoms with Gasteiger partial charge < -0.3 is 34.1 Å². The van der Waals surface area contributed by atoms with Gasteiger partial charge in [-0.15, -0.1) is 0 Å². The zero-order chi connectivity index (χ0) is 31.9. The van der Waals surface area contributed by atoms with Gasteiger partial charge in [0.1, 0.15) is 12.6 Å². The molecule has 1 fully saturated rings. The first-order valence-electron chi connectivity index (χ1n) is 14.0. The first-order chi connectivity index (χ1) is 21.2. The molecule has 2 aliphatic heterocycles. The first kappa shape index (κ1) is 34.2. The van der Waals surface area contributed by atoms with E-state index in [0.717, 1.165) is 4.90 Å². The maximum absolute atomic E-state index is 13.1. The number of nitrogens with zero attached hydrogens (tertiary/aromatic N) is 1. The lowest BCUT2D eigenvalue weighted by molar-refractivity contribution is -0.151. The van der Waals surface area contributed by atoms with Crippen LogP contribution in [-0.4, -0.2) is 123 Å². The van der Waals surface area contributed by atoms with Crippen LogP contribution in [0.3, 0.4) is 0 Å². The highest BCUT2D eigenvalue weighted by atomic mass is 16.6. The van der Waals surface area contributed by atoms with Gasteiger partial charge in [0, 0.05) is 25.1 Å². The molecule has 3 N–H and O–H groups in total. The third-order valence-corrected chi connectivity index (χ3v) is 6.43. The van der Waals surface area contributed by atoms with E-state index in [-0.39, 0.29) is 50.2 Å². The molecule has 2 aliphatic rings. The number of anilines is 1. The molecule has 2 heterocycles. The molecule has 0 aromatic heterocycles. The molecule has 1 saturated heterocycles. The molecule has 44 heavy (non-hydrogen) atoms. The molecule has 0 spiro atoms. The number of benzene rings is 1. The largest absolute Gasteiger partial charge is 0.476 e. The summed E-state index contributed by atoms with van der Waals surface area (Å²) in [7, 11) is 0. The molecule has 0 saturated carbocycles. The number of carbonyl (C=O) groups is 7. The summed E-state index contributed by atoms with van der Waals surface area (Å²) in [5.41, 5.74) is 0.825. The van der Waals surface area contributed by atoms with Crippen molar-refractivity contribution in [1.82, 2.24) is 10.2 Å². The number of piperidine rings is 1. The number of Topliss-reactive ketones (excluding diaryl/α,β-unsaturated/α-hetero) is 1. The number of fused-ring (bicyclic) bond motifs is 1. The maximum Gasteiger partial charge on any atom is 0.372 e. The van der Waals surface area contributed by atoms with Crippen molar-refractivity contribution in [3.05, 3.63) is 29.3 Å². The van der Waals surface area contributed by atoms with Gasteiger partial charge in [-0.1, -0.05) is 6.07 Å². The van der Waals surface area contributed by atoms with Crippen LogP contribution in [0.2, 0.25) is 0 Å². The fourth-order valence-corrected chi connectivity index (χ4v) is 4.29. The van der Waals surface area contributed by atoms with E-state index in [0.29, 0.717) is 51.9 Å². The number of nitrogens with one attached hydrogen (secondary N) is 2. The predicted molar refractivity (Wildman–Crippen MR) is 148 cm³/mol. The summed E-state index contributed by atoms with van der Waals surface area (Å²) < 4.78 is 26.4. The average Bonchev–Trinajstić information content (AvgIpc) is 3.25. The van der Waals surface area contributed by atoms with Gasteiger partial charge in [-0.3, -0.25) is 39.0 Å². The Bertz CT molecular complexity index is 1240. The number of imide groups is 2. The maximum atomic E-state index is 13.1. The Morgan fingerprint density at radius 2 is 1.45 bits per heavy atom. The molecule has 0 aliphatic carbocycles. The van der Waals surface area contributed by atoms with Gasteiger partial charge in [0.15, 0.2) is 0 Å². The van der Waals surface area contributed by atoms with Crippen molar-refractivity contribution in [3.8, 4) is 0 Å². The van der Waals surface area contributed by atoms with Crippen LogP contribution in [-0.2, 0) is 47.7 Å². The second kappa shape index (κ2) is 17.8. The van der Waals surface area contributed by atoms with E-state index in [9.17, 15) is 33.6 Å². The minimum atomic E-state index is -1.58. The number of aliphatic carboxylic acids is 1. The van der Waals surface area contributed by atoms with Gasteiger partial charge in [0.05, 0.1) is 70.4 Å². The molecule has 240 valence electrons. The van der Waals surface area contributed by atoms with Gasteiger partial charge in [-0.05, 0) is 18.6 Å². The van der Waals surface area contributed by atoms with Crippen molar-refractivity contribution in [2.24, 2.45) is 0 Å². The molecule has 4 amide bonds. The Labute approximate surface area is 252 Å². The molecule has 1 aromatic carbocycles. The van der Waals surface area contributed by atoms with Crippen LogP contribution >= 0.6 is 0 Å². The van der Waals surface area contributed by atoms with Crippen LogP contribution < -0.4 is 10.6 Å². The van der Waals surface area contributed by atoms with Crippen LogP contribution in [0.1, 0.15) is 46.4 Å². The zero-order valence-corrected chi connectivity index (χ0v) is 24.0. The smallest absolute Gasteiger partial charge is 0.372 e. The number of amides is 4. The van der Waals surface area contributed by atoms with Crippen LogP contribution in [0.5, 0.6) is 0 Å². The Morgan fingerprint density at radius 1 is 0.841 bits per heavy atom. The molecular formula is C28H35N3O13. The van der Waals surface area contributed by atoms with E-state index in [4.69, 9.17) is 28.8 Å². The normalized spacial score (nSPS) is 16.1. The van der Waals surface area contributed by atoms with Gasteiger partial charge in [-0.2, -0.15) is 0 Å². The third kappa shape index (κ3) is 10.2. The molecule has 0 bridgehead atoms. The second-order valence-corrected chi connectivity index (χ2v) is 9.50. The van der Waals surface area contributed by atoms with Crippen molar-refractivity contribution in [1.29, 1.82) is 0 Å². The van der Waals surface area contributed by atoms with Gasteiger partial charge in [0.25, 0.3) is 11.8 Å². The van der Waals surface area contributed by atoms with Crippen molar-refractivity contribution in [2.75, 3.05) is 71.3 Å². The lowest BCUT2D eigenvalue weighted by Crippen LogP contribution is -2.54. The third-order valence-electron chi connectivity index (χ3n) is 6.43. The van der Waals surface area contributed by atoms with E-state index in [2.05, 4.69) is 10.6 Å². The minimum Gasteiger partial charge on any atom is -0.476 e. The summed E-state index contributed by atoms with van der Waals surface area (Å²) in [6, 6.07) is 3.80. The predicted octanol–water partition coefficient (Wildman–Crippen LogP) is -0.457. The number of hydrogen-bond donors (Lipinski definition) is 3. The molecular weight excluding hydrogens is 586 g/mol. The van der Waals surface area contributed by atoms with Crippen LogP contribution in [0, 0.1) is 0 Å². The van der Waals surface area contributed by atoms with Crippen LogP contribution in [0.25, 0.3) is 0 Å². The lowest BCUT2D eigenvalue weighted by atomic mass is 10.0. The second-order valence-electron chi connectivity index (χ2n) is 9.50. The van der Waals surface area contributed by atoms with E-state index >= 15 is 0 Å². The number of ether oxygens (including phenoxy) is 5. The molecule has 1 aromatic rings. The van der Waals surface area contributed by atoms with E-state index in [1.807, 2.05) is 0 Å². The quantitative estimate of drug-likeness (QED) is 0.0686. The SMILES string of the molecule is O=C1CCC(N2C(=O)c3cccc(NCCOCCOCCOCCOCCOC(=O)CCC(=O)C(=O)O)c3C2=O)C(=O)N1. The van der Waals surface area contributed by atoms with Gasteiger partial charge in [0.2, 0.25) is 17.6 Å². The number of carbonyl (C=O) groups excluding carboxylic acids is 6. The van der Waals surface area contributed by atoms with Crippen molar-refractivity contribution in [3.63, 3.8) is 0 Å². The van der Waals surface area contributed by atoms with Crippen molar-refractivity contribution < 1.29 is 62.4 Å². The van der Waals surface area contributed by atoms with Gasteiger partial charge in [-0.25, -0.2) is 4.79 Å². The van der Waals surface area contributed by atoms with Crippen molar-refractivity contribution in [2.45, 2.75) is 31.7 Å². The lowest BCUT2D eigenvalue weighted by Gasteiger charge is -2.27. The van der Waals surface area contributed by atoms with E-state index in [1.165, 1.54) is 6.07 Å². The standard InChI is InChI=1S/C28H35N3O13/c32-21(28(38)39)5-7-23(34)44-17-16-43-15-14-42-13-12-41-11-10-40-9-8-29-19-3-1-2-18-24(19)27(37)31(26(18)36)20-4-6-22(33)30-25(20)35/h1-3,20,29H,4-17H2,(H,38,39)(H,30,33,35). The molecule has 1 unspecified atom stereocenters. The molecule has 16 heteroatoms. The number of carboxylic acids is 1. The van der Waals surface area contributed by atoms with Crippen LogP contribution in [0.15, 0.2) is 18.2 Å². The highest BCUT2D eigenvalue weighted by Crippen LogP contribution is 2.32. The number of esters is 1. The fraction of sp³-hybridized carbons (Fsp3) is 0.536. The van der Waals surface area contributed by atoms with Crippen LogP contribution in [0.4, 0.5) is 5.69 Å². The highest BCUT2D eigenvalue weighted by molar-refractivity contribution is 6.32. The number of rotatable bonds is 21. The number of hydrogen-bond acceptors (Lipinski definition) is 13. The summed E-state index contributed by atoms with van der Waals surface area (Å²) in [5.74, 6) is -5.56. The highest BCUT2D eigenvalue weighted by Gasteiger charge is 2.45. The molecule has 3 rings (SSSR count). The Hall–Kier alpha value is -4.25. The van der Waals surface area contributed by atoms with E-state index < -0.39 is 53.8 Å². The number of carboxylic acid groups (broad SMARTS) is 1. The van der Waals surface area contributed by atoms with Crippen molar-refractivity contribution >= 4 is 47.0 Å². The summed E-state index contributed by atoms with van der Waals surface area (Å²) in [5, 5.41) is 13.7. The molecule has 1 atom stereocenters. The summed E-state index contributed by atoms with van der Waals surface area (Å²) in [6.45, 7) is 2.65. The summed E-state index contributed by atoms with van der Waals surface area (Å²) in [4.78, 5) is 83.3. The van der Waals surface area contributed by atoms with Gasteiger partial charge >= 0.3 is 11.9 Å². The Balaban J connectivity index is 1.18. The fourth-order valence-electron chi connectivity index (χ4n) is 4.29. The summed E-state index contributed by atoms with van der Waals surface area (Å²) >= 11 is 0. The number of ketones is 1. The average molecular weight is 622 g/mol. The summed E-state index contributed by atoms with van der Waals surface area (Å²) in [6.07, 6.45) is -0.575. The Morgan fingerprint density at radius 3 is 2.07 bits per heavy atom. The molecule has 16 nitrogen and oxygen atoms in total. The Kier molecular flexibility index (Phi) is 13.8. The monoisotopic (exact) mass is 621 g/mol. The first-order valence-corrected chi connectivity index (χ1v) is 14.0. The minimum absolute atomic E-state index is 0.0206. The zero-order valence-electron chi connectivity index (χ0n) is 24.0.